The Morgan fingerprint density at radius 1 is 1.29 bits per heavy atom. The zero-order chi connectivity index (χ0) is 27.5. The van der Waals surface area contributed by atoms with E-state index < -0.39 is 0 Å². The van der Waals surface area contributed by atoms with E-state index in [0.717, 1.165) is 34.6 Å². The quantitative estimate of drug-likeness (QED) is 0.383. The molecule has 0 atom stereocenters. The highest BCUT2D eigenvalue weighted by Crippen LogP contribution is 2.22. The second-order valence-corrected chi connectivity index (χ2v) is 9.28. The summed E-state index contributed by atoms with van der Waals surface area (Å²) in [5, 5.41) is 7.21. The Bertz CT molecular complexity index is 1310. The number of fused-ring (bicyclic) bond motifs is 1. The molecule has 0 spiro atoms. The molecule has 1 amide bonds. The van der Waals surface area contributed by atoms with Gasteiger partial charge in [0.25, 0.3) is 5.91 Å². The summed E-state index contributed by atoms with van der Waals surface area (Å²) in [6.45, 7) is 5.33. The van der Waals surface area contributed by atoms with E-state index >= 15 is 0 Å². The highest BCUT2D eigenvalue weighted by atomic mass is 16.1. The van der Waals surface area contributed by atoms with Crippen molar-refractivity contribution in [2.45, 2.75) is 45.6 Å². The van der Waals surface area contributed by atoms with E-state index in [-0.39, 0.29) is 8.76 Å². The Morgan fingerprint density at radius 2 is 2.05 bits per heavy atom. The van der Waals surface area contributed by atoms with Crippen LogP contribution in [0.15, 0.2) is 48.1 Å². The number of aryl methyl sites for hydroxylation is 1. The summed E-state index contributed by atoms with van der Waals surface area (Å²) in [5.41, 5.74) is 16.7. The molecule has 0 aliphatic heterocycles. The summed E-state index contributed by atoms with van der Waals surface area (Å²) in [4.78, 5) is 26.8. The Labute approximate surface area is 227 Å². The van der Waals surface area contributed by atoms with Crippen molar-refractivity contribution >= 4 is 35.0 Å². The lowest BCUT2D eigenvalue weighted by molar-refractivity contribution is 0.0947. The fourth-order valence-electron chi connectivity index (χ4n) is 4.34. The van der Waals surface area contributed by atoms with Crippen molar-refractivity contribution < 1.29 is 7.65 Å². The maximum absolute atomic E-state index is 12.0. The molecule has 0 saturated heterocycles. The summed E-state index contributed by atoms with van der Waals surface area (Å²) in [7, 11) is 3.83. The van der Waals surface area contributed by atoms with Gasteiger partial charge in [-0.1, -0.05) is 25.0 Å². The second-order valence-electron chi connectivity index (χ2n) is 9.28. The van der Waals surface area contributed by atoms with Crippen LogP contribution in [-0.4, -0.2) is 69.8 Å². The first-order valence-corrected chi connectivity index (χ1v) is 12.9. The van der Waals surface area contributed by atoms with Gasteiger partial charge in [0.2, 0.25) is 0 Å². The van der Waals surface area contributed by atoms with E-state index in [1.54, 1.807) is 42.4 Å². The Morgan fingerprint density at radius 3 is 2.71 bits per heavy atom. The van der Waals surface area contributed by atoms with Crippen LogP contribution >= 0.6 is 0 Å². The van der Waals surface area contributed by atoms with Crippen LogP contribution in [0.4, 0.5) is 5.69 Å². The number of nitrogens with two attached hydrogens (primary N) is 2. The number of nitrogens with one attached hydrogen (secondary N) is 1. The number of pyridine rings is 1. The number of likely N-dealkylation sites (N-methyl/N-ethyl adjacent to an activating group) is 1. The van der Waals surface area contributed by atoms with Crippen LogP contribution in [0, 0.1) is 6.92 Å². The van der Waals surface area contributed by atoms with Crippen molar-refractivity contribution in [1.82, 2.24) is 29.8 Å². The number of aliphatic imine (C=N–C) groups is 1. The van der Waals surface area contributed by atoms with Crippen LogP contribution in [-0.2, 0) is 0 Å². The highest BCUT2D eigenvalue weighted by molar-refractivity contribution is 6.08. The van der Waals surface area contributed by atoms with Crippen molar-refractivity contribution in [2.75, 3.05) is 32.9 Å². The fourth-order valence-corrected chi connectivity index (χ4v) is 4.34. The number of rotatable bonds is 8. The lowest BCUT2D eigenvalue weighted by Crippen LogP contribution is -2.37. The third-order valence-electron chi connectivity index (χ3n) is 6.61. The minimum absolute atomic E-state index is 0. The fraction of sp³-hybridized carbons (Fsp3) is 0.393. The predicted molar refractivity (Wildman–Crippen MR) is 159 cm³/mol. The summed E-state index contributed by atoms with van der Waals surface area (Å²) in [5.74, 6) is -0.107. The molecule has 10 nitrogen and oxygen atoms in total. The van der Waals surface area contributed by atoms with Gasteiger partial charge in [0.05, 0.1) is 46.7 Å². The molecule has 3 heterocycles. The van der Waals surface area contributed by atoms with E-state index in [4.69, 9.17) is 11.5 Å². The van der Waals surface area contributed by atoms with Crippen LogP contribution in [0.25, 0.3) is 17.2 Å². The molecule has 0 radical (unpaired) electrons. The summed E-state index contributed by atoms with van der Waals surface area (Å²) in [6.07, 6.45) is 19.3. The minimum atomic E-state index is -0.107. The Balaban J connectivity index is 0.000000383. The molecular weight excluding hydrogens is 478 g/mol. The Kier molecular flexibility index (Phi) is 10.5. The molecular formula is C28H43N9O. The molecule has 5 N–H and O–H groups in total. The molecule has 4 rings (SSSR count). The number of allylic oxidation sites excluding steroid dienone is 2. The number of hydrogen-bond donors (Lipinski definition) is 3. The van der Waals surface area contributed by atoms with Crippen LogP contribution in [0.1, 0.15) is 62.8 Å². The van der Waals surface area contributed by atoms with E-state index in [9.17, 15) is 4.79 Å². The molecule has 1 saturated carbocycles. The second kappa shape index (κ2) is 14.0. The third-order valence-corrected chi connectivity index (χ3v) is 6.61. The van der Waals surface area contributed by atoms with Crippen molar-refractivity contribution in [3.05, 3.63) is 65.6 Å². The normalized spacial score (nSPS) is 14.5. The van der Waals surface area contributed by atoms with Gasteiger partial charge in [-0.25, -0.2) is 4.52 Å². The van der Waals surface area contributed by atoms with Crippen molar-refractivity contribution in [1.29, 1.82) is 0 Å². The maximum atomic E-state index is 12.0. The van der Waals surface area contributed by atoms with Crippen molar-refractivity contribution in [2.24, 2.45) is 10.7 Å². The topological polar surface area (TPSA) is 140 Å². The van der Waals surface area contributed by atoms with Crippen molar-refractivity contribution in [3.8, 4) is 0 Å². The first kappa shape index (κ1) is 28.5. The van der Waals surface area contributed by atoms with Crippen LogP contribution in [0.3, 0.4) is 0 Å². The largest absolute Gasteiger partial charge is 0.404 e. The molecule has 3 aromatic rings. The lowest BCUT2D eigenvalue weighted by Gasteiger charge is -2.23. The molecule has 0 bridgehead atoms. The average Bonchev–Trinajstić information content (AvgIpc) is 3.60. The van der Waals surface area contributed by atoms with Gasteiger partial charge >= 0.3 is 0 Å². The standard InChI is InChI=1S/C15H24N4O.C13H15N5.2H2/c1-11-14(16)9-12(10-18-11)15(20)17-7-8-19(2)13-5-3-4-6-13;1-3-4-10-7-17-18-9-12(16-8-13(10)18)11(5-14)6-15-2;;/h9-10,13H,3-8,16H2,1-2H3,(H,17,20);3-9H,14H2,1-2H3;2*1H/b;4-3+,11-5+,15-6?;;. The average molecular weight is 522 g/mol. The van der Waals surface area contributed by atoms with Crippen LogP contribution in [0.5, 0.6) is 0 Å². The van der Waals surface area contributed by atoms with E-state index in [0.29, 0.717) is 23.8 Å². The van der Waals surface area contributed by atoms with E-state index in [2.05, 4.69) is 37.3 Å². The van der Waals surface area contributed by atoms with Crippen LogP contribution in [0.2, 0.25) is 0 Å². The van der Waals surface area contributed by atoms with E-state index in [1.807, 2.05) is 32.2 Å². The SMILES string of the molecule is C/C=C/c1cnn2cc(/C(C=NC)=C/N)ncc12.Cc1ncc(C(=O)NCCN(C)C2CCCC2)cc1N.[HH].[HH]. The van der Waals surface area contributed by atoms with Gasteiger partial charge in [-0.2, -0.15) is 5.10 Å². The van der Waals surface area contributed by atoms with Gasteiger partial charge < -0.3 is 21.7 Å². The summed E-state index contributed by atoms with van der Waals surface area (Å²) >= 11 is 0. The zero-order valence-electron chi connectivity index (χ0n) is 22.8. The smallest absolute Gasteiger partial charge is 0.252 e. The number of nitrogens with zero attached hydrogens (tertiary/aromatic N) is 6. The van der Waals surface area contributed by atoms with Crippen LogP contribution < -0.4 is 16.8 Å². The third kappa shape index (κ3) is 7.48. The number of anilines is 1. The lowest BCUT2D eigenvalue weighted by atomic mass is 10.2. The monoisotopic (exact) mass is 521 g/mol. The van der Waals surface area contributed by atoms with Gasteiger partial charge in [0.15, 0.2) is 0 Å². The number of carbonyl (C=O) groups excluding carboxylic acids is 1. The first-order valence-electron chi connectivity index (χ1n) is 12.9. The van der Waals surface area contributed by atoms with Crippen molar-refractivity contribution in [3.63, 3.8) is 0 Å². The van der Waals surface area contributed by atoms with Gasteiger partial charge in [-0.3, -0.25) is 19.8 Å². The highest BCUT2D eigenvalue weighted by Gasteiger charge is 2.19. The van der Waals surface area contributed by atoms with Gasteiger partial charge in [-0.05, 0) is 39.8 Å². The molecule has 1 aliphatic carbocycles. The number of carbonyl (C=O) groups is 1. The first-order chi connectivity index (χ1) is 18.4. The van der Waals surface area contributed by atoms with E-state index in [1.165, 1.54) is 31.9 Å². The number of hydrogen-bond acceptors (Lipinski definition) is 8. The Hall–Kier alpha value is -4.05. The molecule has 206 valence electrons. The minimum Gasteiger partial charge on any atom is -0.404 e. The van der Waals surface area contributed by atoms with Gasteiger partial charge in [0.1, 0.15) is 0 Å². The summed E-state index contributed by atoms with van der Waals surface area (Å²) < 4.78 is 1.78. The number of amides is 1. The maximum Gasteiger partial charge on any atom is 0.252 e. The number of nitrogen functional groups attached to an aromatic ring is 1. The zero-order valence-corrected chi connectivity index (χ0v) is 22.8. The predicted octanol–water partition coefficient (Wildman–Crippen LogP) is 3.83. The molecule has 0 unspecified atom stereocenters. The molecule has 38 heavy (non-hydrogen) atoms. The van der Waals surface area contributed by atoms with Gasteiger partial charge in [0, 0.05) is 58.8 Å². The molecule has 3 aromatic heterocycles. The molecule has 1 aliphatic rings. The molecule has 0 aromatic carbocycles. The number of aromatic nitrogens is 4. The van der Waals surface area contributed by atoms with Gasteiger partial charge in [-0.15, -0.1) is 0 Å². The molecule has 1 fully saturated rings. The molecule has 10 heteroatoms. The summed E-state index contributed by atoms with van der Waals surface area (Å²) in [6, 6.07) is 2.36.